The molecule has 2 heterocycles. The molecule has 0 bridgehead atoms. The maximum atomic E-state index is 12.2. The molecule has 1 aromatic carbocycles. The Hall–Kier alpha value is -3.07. The van der Waals surface area contributed by atoms with E-state index in [0.717, 1.165) is 0 Å². The summed E-state index contributed by atoms with van der Waals surface area (Å²) in [6.45, 7) is 1.78. The van der Waals surface area contributed by atoms with Gasteiger partial charge in [-0.05, 0) is 30.5 Å². The van der Waals surface area contributed by atoms with Gasteiger partial charge in [0.2, 0.25) is 17.5 Å². The molecule has 0 radical (unpaired) electrons. The minimum atomic E-state index is -0.442. The van der Waals surface area contributed by atoms with E-state index in [1.54, 1.807) is 25.1 Å². The molecule has 0 aliphatic rings. The number of thiophene rings is 1. The second-order valence-corrected chi connectivity index (χ2v) is 6.49. The van der Waals surface area contributed by atoms with Crippen molar-refractivity contribution in [2.45, 2.75) is 13.0 Å². The van der Waals surface area contributed by atoms with Crippen LogP contribution in [0.5, 0.6) is 17.2 Å². The maximum Gasteiger partial charge on any atom is 0.261 e. The van der Waals surface area contributed by atoms with Crippen molar-refractivity contribution >= 4 is 17.2 Å². The van der Waals surface area contributed by atoms with Crippen molar-refractivity contribution in [2.24, 2.45) is 0 Å². The summed E-state index contributed by atoms with van der Waals surface area (Å²) in [6, 6.07) is 6.58. The van der Waals surface area contributed by atoms with Crippen molar-refractivity contribution < 1.29 is 23.5 Å². The van der Waals surface area contributed by atoms with E-state index in [9.17, 15) is 4.79 Å². The van der Waals surface area contributed by atoms with E-state index in [2.05, 4.69) is 15.5 Å². The highest BCUT2D eigenvalue weighted by Crippen LogP contribution is 2.40. The maximum absolute atomic E-state index is 12.2. The van der Waals surface area contributed by atoms with Gasteiger partial charge in [0.25, 0.3) is 5.91 Å². The first-order chi connectivity index (χ1) is 13.1. The number of rotatable bonds is 7. The number of aromatic nitrogens is 2. The minimum Gasteiger partial charge on any atom is -0.493 e. The number of methoxy groups -OCH3 is 3. The van der Waals surface area contributed by atoms with Gasteiger partial charge in [-0.2, -0.15) is 4.98 Å². The molecule has 0 unspecified atom stereocenters. The SMILES string of the molecule is COc1cc(-c2noc([C@@H](C)NC(=O)c3cccs3)n2)cc(OC)c1OC. The molecule has 1 amide bonds. The Morgan fingerprint density at radius 2 is 1.89 bits per heavy atom. The molecule has 0 aliphatic carbocycles. The zero-order valence-corrected chi connectivity index (χ0v) is 16.1. The first kappa shape index (κ1) is 18.7. The summed E-state index contributed by atoms with van der Waals surface area (Å²) in [6.07, 6.45) is 0. The molecule has 9 heteroatoms. The van der Waals surface area contributed by atoms with E-state index in [-0.39, 0.29) is 5.91 Å². The van der Waals surface area contributed by atoms with E-state index < -0.39 is 6.04 Å². The third kappa shape index (κ3) is 3.87. The monoisotopic (exact) mass is 389 g/mol. The highest BCUT2D eigenvalue weighted by Gasteiger charge is 2.21. The van der Waals surface area contributed by atoms with Crippen molar-refractivity contribution in [1.29, 1.82) is 0 Å². The number of benzene rings is 1. The standard InChI is InChI=1S/C18H19N3O5S/c1-10(19-17(22)14-6-5-7-27-14)18-20-16(21-26-18)11-8-12(23-2)15(25-4)13(9-11)24-3/h5-10H,1-4H3,(H,19,22)/t10-/m1/s1. The van der Waals surface area contributed by atoms with Crippen LogP contribution in [0.3, 0.4) is 0 Å². The van der Waals surface area contributed by atoms with Gasteiger partial charge in [-0.15, -0.1) is 11.3 Å². The Morgan fingerprint density at radius 3 is 2.44 bits per heavy atom. The molecular formula is C18H19N3O5S. The zero-order chi connectivity index (χ0) is 19.4. The number of amides is 1. The van der Waals surface area contributed by atoms with Crippen molar-refractivity contribution in [3.05, 3.63) is 40.4 Å². The highest BCUT2D eigenvalue weighted by molar-refractivity contribution is 7.12. The van der Waals surface area contributed by atoms with Crippen molar-refractivity contribution in [3.63, 3.8) is 0 Å². The van der Waals surface area contributed by atoms with Crippen LogP contribution in [-0.2, 0) is 0 Å². The molecule has 2 aromatic heterocycles. The minimum absolute atomic E-state index is 0.190. The second kappa shape index (κ2) is 8.09. The smallest absolute Gasteiger partial charge is 0.261 e. The summed E-state index contributed by atoms with van der Waals surface area (Å²) >= 11 is 1.36. The summed E-state index contributed by atoms with van der Waals surface area (Å²) in [5.41, 5.74) is 0.635. The van der Waals surface area contributed by atoms with Gasteiger partial charge in [0, 0.05) is 5.56 Å². The van der Waals surface area contributed by atoms with Crippen LogP contribution in [0.2, 0.25) is 0 Å². The molecular weight excluding hydrogens is 370 g/mol. The van der Waals surface area contributed by atoms with E-state index in [4.69, 9.17) is 18.7 Å². The van der Waals surface area contributed by atoms with Crippen LogP contribution in [0.4, 0.5) is 0 Å². The molecule has 27 heavy (non-hydrogen) atoms. The van der Waals surface area contributed by atoms with Gasteiger partial charge in [0.15, 0.2) is 11.5 Å². The summed E-state index contributed by atoms with van der Waals surface area (Å²) in [5.74, 6) is 1.90. The number of nitrogens with one attached hydrogen (secondary N) is 1. The average molecular weight is 389 g/mol. The van der Waals surface area contributed by atoms with Crippen molar-refractivity contribution in [3.8, 4) is 28.6 Å². The highest BCUT2D eigenvalue weighted by atomic mass is 32.1. The van der Waals surface area contributed by atoms with Gasteiger partial charge < -0.3 is 24.1 Å². The number of hydrogen-bond donors (Lipinski definition) is 1. The second-order valence-electron chi connectivity index (χ2n) is 5.54. The fourth-order valence-corrected chi connectivity index (χ4v) is 3.10. The molecule has 0 saturated heterocycles. The molecule has 0 saturated carbocycles. The molecule has 3 aromatic rings. The van der Waals surface area contributed by atoms with Crippen LogP contribution in [0.1, 0.15) is 28.5 Å². The molecule has 0 spiro atoms. The third-order valence-corrected chi connectivity index (χ3v) is 4.70. The van der Waals surface area contributed by atoms with E-state index in [1.165, 1.54) is 32.7 Å². The Morgan fingerprint density at radius 1 is 1.19 bits per heavy atom. The molecule has 8 nitrogen and oxygen atoms in total. The quantitative estimate of drug-likeness (QED) is 0.662. The molecule has 0 aliphatic heterocycles. The van der Waals surface area contributed by atoms with Crippen molar-refractivity contribution in [2.75, 3.05) is 21.3 Å². The molecule has 1 N–H and O–H groups in total. The number of carbonyl (C=O) groups is 1. The lowest BCUT2D eigenvalue weighted by molar-refractivity contribution is 0.0936. The van der Waals surface area contributed by atoms with Crippen LogP contribution in [0, 0.1) is 0 Å². The predicted octanol–water partition coefficient (Wildman–Crippen LogP) is 3.31. The van der Waals surface area contributed by atoms with E-state index in [0.29, 0.717) is 39.4 Å². The molecule has 0 fully saturated rings. The largest absolute Gasteiger partial charge is 0.493 e. The first-order valence-corrected chi connectivity index (χ1v) is 8.93. The lowest BCUT2D eigenvalue weighted by atomic mass is 10.1. The molecule has 3 rings (SSSR count). The summed E-state index contributed by atoms with van der Waals surface area (Å²) in [7, 11) is 4.60. The normalized spacial score (nSPS) is 11.7. The Balaban J connectivity index is 1.84. The van der Waals surface area contributed by atoms with Gasteiger partial charge >= 0.3 is 0 Å². The van der Waals surface area contributed by atoms with Crippen LogP contribution in [0.25, 0.3) is 11.4 Å². The Labute approximate surface area is 160 Å². The summed E-state index contributed by atoms with van der Waals surface area (Å²) < 4.78 is 21.3. The topological polar surface area (TPSA) is 95.7 Å². The predicted molar refractivity (Wildman–Crippen MR) is 99.6 cm³/mol. The van der Waals surface area contributed by atoms with Gasteiger partial charge in [-0.1, -0.05) is 11.2 Å². The number of ether oxygens (including phenoxy) is 3. The van der Waals surface area contributed by atoms with Crippen LogP contribution in [-0.4, -0.2) is 37.4 Å². The van der Waals surface area contributed by atoms with Crippen LogP contribution in [0.15, 0.2) is 34.2 Å². The van der Waals surface area contributed by atoms with Crippen molar-refractivity contribution in [1.82, 2.24) is 15.5 Å². The van der Waals surface area contributed by atoms with E-state index in [1.807, 2.05) is 11.4 Å². The van der Waals surface area contributed by atoms with Gasteiger partial charge in [0.1, 0.15) is 6.04 Å². The van der Waals surface area contributed by atoms with Crippen LogP contribution < -0.4 is 19.5 Å². The van der Waals surface area contributed by atoms with Gasteiger partial charge in [-0.25, -0.2) is 0 Å². The Bertz CT molecular complexity index is 898. The fourth-order valence-electron chi connectivity index (χ4n) is 2.48. The number of nitrogens with zero attached hydrogens (tertiary/aromatic N) is 2. The molecule has 142 valence electrons. The average Bonchev–Trinajstić information content (AvgIpc) is 3.38. The van der Waals surface area contributed by atoms with Gasteiger partial charge in [0.05, 0.1) is 26.2 Å². The fraction of sp³-hybridized carbons (Fsp3) is 0.278. The lowest BCUT2D eigenvalue weighted by Crippen LogP contribution is -2.26. The lowest BCUT2D eigenvalue weighted by Gasteiger charge is -2.12. The number of carbonyl (C=O) groups excluding carboxylic acids is 1. The Kier molecular flexibility index (Phi) is 5.60. The van der Waals surface area contributed by atoms with E-state index >= 15 is 0 Å². The number of hydrogen-bond acceptors (Lipinski definition) is 8. The third-order valence-electron chi connectivity index (χ3n) is 3.83. The summed E-state index contributed by atoms with van der Waals surface area (Å²) in [4.78, 5) is 17.2. The molecule has 1 atom stereocenters. The first-order valence-electron chi connectivity index (χ1n) is 8.05. The zero-order valence-electron chi connectivity index (χ0n) is 15.3. The van der Waals surface area contributed by atoms with Gasteiger partial charge in [-0.3, -0.25) is 4.79 Å². The summed E-state index contributed by atoms with van der Waals surface area (Å²) in [5, 5.41) is 8.67. The van der Waals surface area contributed by atoms with Crippen LogP contribution >= 0.6 is 11.3 Å².